The lowest BCUT2D eigenvalue weighted by Gasteiger charge is -2.29. The average Bonchev–Trinajstić information content (AvgIpc) is 3.29. The van der Waals surface area contributed by atoms with Crippen molar-refractivity contribution in [1.29, 1.82) is 0 Å². The maximum absolute atomic E-state index is 5.57. The number of benzene rings is 2. The van der Waals surface area contributed by atoms with Crippen LogP contribution in [0.3, 0.4) is 0 Å². The fourth-order valence-electron chi connectivity index (χ4n) is 4.45. The molecule has 0 bridgehead atoms. The van der Waals surface area contributed by atoms with Crippen molar-refractivity contribution in [2.75, 3.05) is 28.2 Å². The minimum atomic E-state index is 0.530. The topological polar surface area (TPSA) is 56.3 Å². The van der Waals surface area contributed by atoms with E-state index in [-0.39, 0.29) is 0 Å². The van der Waals surface area contributed by atoms with E-state index in [1.165, 1.54) is 41.5 Å². The van der Waals surface area contributed by atoms with Crippen LogP contribution in [0, 0.1) is 6.92 Å². The normalized spacial score (nSPS) is 15.3. The predicted molar refractivity (Wildman–Crippen MR) is 139 cm³/mol. The van der Waals surface area contributed by atoms with E-state index in [4.69, 9.17) is 22.2 Å². The van der Waals surface area contributed by atoms with Crippen LogP contribution in [0.5, 0.6) is 0 Å². The Morgan fingerprint density at radius 2 is 1.52 bits per heavy atom. The monoisotopic (exact) mass is 458 g/mol. The van der Waals surface area contributed by atoms with Crippen molar-refractivity contribution in [3.63, 3.8) is 0 Å². The molecule has 0 saturated carbocycles. The summed E-state index contributed by atoms with van der Waals surface area (Å²) in [6.07, 6.45) is 3.69. The Kier molecular flexibility index (Phi) is 6.39. The Balaban J connectivity index is 1.33. The quantitative estimate of drug-likeness (QED) is 0.534. The van der Waals surface area contributed by atoms with E-state index in [1.807, 2.05) is 0 Å². The molecule has 170 valence electrons. The first kappa shape index (κ1) is 21.6. The number of piperidine rings is 1. The maximum atomic E-state index is 5.57. The lowest BCUT2D eigenvalue weighted by Crippen LogP contribution is -2.32. The van der Waals surface area contributed by atoms with E-state index in [0.29, 0.717) is 17.6 Å². The highest BCUT2D eigenvalue weighted by Gasteiger charge is 2.22. The third kappa shape index (κ3) is 5.25. The molecule has 3 heterocycles. The van der Waals surface area contributed by atoms with Crippen LogP contribution in [0.1, 0.15) is 41.5 Å². The minimum Gasteiger partial charge on any atom is -0.358 e. The fraction of sp³-hybridized carbons (Fsp3) is 0.346. The molecule has 1 fully saturated rings. The Morgan fingerprint density at radius 3 is 2.18 bits per heavy atom. The summed E-state index contributed by atoms with van der Waals surface area (Å²) in [7, 11) is 0. The molecule has 6 nitrogen and oxygen atoms in total. The minimum absolute atomic E-state index is 0.530. The number of aromatic nitrogens is 2. The van der Waals surface area contributed by atoms with Crippen LogP contribution in [-0.4, -0.2) is 28.2 Å². The summed E-state index contributed by atoms with van der Waals surface area (Å²) in [6.45, 7) is 6.54. The zero-order valence-corrected chi connectivity index (χ0v) is 19.9. The molecule has 0 atom stereocenters. The van der Waals surface area contributed by atoms with Crippen LogP contribution < -0.4 is 20.4 Å². The molecule has 0 spiro atoms. The Hall–Kier alpha value is -3.19. The number of nitrogens with zero attached hydrogens (tertiary/aromatic N) is 4. The van der Waals surface area contributed by atoms with Gasteiger partial charge in [-0.15, -0.1) is 0 Å². The van der Waals surface area contributed by atoms with Crippen LogP contribution in [-0.2, 0) is 19.6 Å². The molecular formula is C26H30N6S. The number of thiocarbonyl (C=S) groups is 1. The second-order valence-electron chi connectivity index (χ2n) is 8.87. The van der Waals surface area contributed by atoms with Crippen LogP contribution in [0.4, 0.5) is 17.6 Å². The molecule has 0 unspecified atom stereocenters. The van der Waals surface area contributed by atoms with Crippen molar-refractivity contribution in [2.24, 2.45) is 0 Å². The summed E-state index contributed by atoms with van der Waals surface area (Å²) in [5.41, 5.74) is 5.16. The van der Waals surface area contributed by atoms with Gasteiger partial charge >= 0.3 is 0 Å². The van der Waals surface area contributed by atoms with Gasteiger partial charge in [0.2, 0.25) is 5.95 Å². The molecule has 2 aliphatic heterocycles. The maximum Gasteiger partial charge on any atom is 0.232 e. The lowest BCUT2D eigenvalue weighted by atomic mass is 10.1. The third-order valence-corrected chi connectivity index (χ3v) is 6.59. The molecule has 1 aromatic heterocycles. The number of rotatable bonds is 5. The van der Waals surface area contributed by atoms with E-state index >= 15 is 0 Å². The van der Waals surface area contributed by atoms with Gasteiger partial charge in [-0.05, 0) is 55.1 Å². The summed E-state index contributed by atoms with van der Waals surface area (Å²) < 4.78 is 0. The molecule has 2 N–H and O–H groups in total. The highest BCUT2D eigenvalue weighted by Crippen LogP contribution is 2.30. The van der Waals surface area contributed by atoms with Gasteiger partial charge in [0.05, 0.1) is 0 Å². The lowest BCUT2D eigenvalue weighted by molar-refractivity contribution is 0.573. The summed E-state index contributed by atoms with van der Waals surface area (Å²) in [5, 5.41) is 7.04. The van der Waals surface area contributed by atoms with Crippen LogP contribution in [0.25, 0.3) is 0 Å². The van der Waals surface area contributed by atoms with Crippen molar-refractivity contribution in [1.82, 2.24) is 15.3 Å². The second-order valence-corrected chi connectivity index (χ2v) is 9.28. The molecule has 2 aliphatic rings. The first-order valence-electron chi connectivity index (χ1n) is 11.7. The number of hydrogen-bond donors (Lipinski definition) is 2. The van der Waals surface area contributed by atoms with E-state index in [9.17, 15) is 0 Å². The van der Waals surface area contributed by atoms with Gasteiger partial charge in [0.25, 0.3) is 0 Å². The predicted octanol–water partition coefficient (Wildman–Crippen LogP) is 4.78. The number of aryl methyl sites for hydroxylation is 1. The number of fused-ring (bicyclic) bond motifs is 1. The molecule has 5 rings (SSSR count). The summed E-state index contributed by atoms with van der Waals surface area (Å²) in [4.78, 5) is 14.4. The van der Waals surface area contributed by atoms with Gasteiger partial charge in [0.1, 0.15) is 11.6 Å². The zero-order valence-electron chi connectivity index (χ0n) is 19.1. The Morgan fingerprint density at radius 1 is 0.879 bits per heavy atom. The van der Waals surface area contributed by atoms with Gasteiger partial charge in [-0.1, -0.05) is 54.1 Å². The molecular weight excluding hydrogens is 428 g/mol. The Bertz CT molecular complexity index is 1100. The summed E-state index contributed by atoms with van der Waals surface area (Å²) in [6, 6.07) is 19.2. The smallest absolute Gasteiger partial charge is 0.232 e. The van der Waals surface area contributed by atoms with Crippen LogP contribution in [0.2, 0.25) is 0 Å². The van der Waals surface area contributed by atoms with Gasteiger partial charge in [-0.25, -0.2) is 0 Å². The molecule has 2 aromatic carbocycles. The van der Waals surface area contributed by atoms with Crippen LogP contribution in [0.15, 0.2) is 54.6 Å². The summed E-state index contributed by atoms with van der Waals surface area (Å²) in [5.74, 6) is 2.45. The molecule has 0 aliphatic carbocycles. The molecule has 0 radical (unpaired) electrons. The second kappa shape index (κ2) is 9.75. The average molecular weight is 459 g/mol. The SMILES string of the molecule is Cc1ccc(CNC(=S)Nc2nc(N3CCCCC3)cc(N3Cc4ccccc4C3)n2)cc1. The number of anilines is 3. The number of hydrogen-bond acceptors (Lipinski definition) is 5. The van der Waals surface area contributed by atoms with Gasteiger partial charge in [0, 0.05) is 38.8 Å². The third-order valence-electron chi connectivity index (χ3n) is 6.34. The van der Waals surface area contributed by atoms with E-state index in [0.717, 1.165) is 37.8 Å². The standard InChI is InChI=1S/C26H30N6S/c1-19-9-11-20(12-10-19)16-27-26(33)30-25-28-23(31-13-5-2-6-14-31)15-24(29-25)32-17-21-7-3-4-8-22(21)18-32/h3-4,7-12,15H,2,5-6,13-14,16-18H2,1H3,(H2,27,28,29,30,33). The highest BCUT2D eigenvalue weighted by molar-refractivity contribution is 7.80. The van der Waals surface area contributed by atoms with Crippen molar-refractivity contribution >= 4 is 34.9 Å². The fourth-order valence-corrected chi connectivity index (χ4v) is 4.62. The zero-order chi connectivity index (χ0) is 22.6. The first-order valence-corrected chi connectivity index (χ1v) is 12.1. The molecule has 7 heteroatoms. The van der Waals surface area contributed by atoms with Gasteiger partial charge in [0.15, 0.2) is 5.11 Å². The number of nitrogens with one attached hydrogen (secondary N) is 2. The van der Waals surface area contributed by atoms with Gasteiger partial charge < -0.3 is 20.4 Å². The van der Waals surface area contributed by atoms with E-state index < -0.39 is 0 Å². The van der Waals surface area contributed by atoms with Crippen LogP contribution >= 0.6 is 12.2 Å². The summed E-state index contributed by atoms with van der Waals surface area (Å²) >= 11 is 5.57. The van der Waals surface area contributed by atoms with Crippen molar-refractivity contribution in [2.45, 2.75) is 45.8 Å². The van der Waals surface area contributed by atoms with Crippen molar-refractivity contribution < 1.29 is 0 Å². The van der Waals surface area contributed by atoms with E-state index in [1.54, 1.807) is 0 Å². The molecule has 1 saturated heterocycles. The van der Waals surface area contributed by atoms with Gasteiger partial charge in [-0.3, -0.25) is 0 Å². The van der Waals surface area contributed by atoms with Crippen molar-refractivity contribution in [3.8, 4) is 0 Å². The molecule has 33 heavy (non-hydrogen) atoms. The molecule has 0 amide bonds. The van der Waals surface area contributed by atoms with Crippen molar-refractivity contribution in [3.05, 3.63) is 76.9 Å². The molecule has 3 aromatic rings. The van der Waals surface area contributed by atoms with E-state index in [2.05, 4.69) is 82.0 Å². The highest BCUT2D eigenvalue weighted by atomic mass is 32.1. The van der Waals surface area contributed by atoms with Gasteiger partial charge in [-0.2, -0.15) is 9.97 Å². The Labute approximate surface area is 201 Å². The first-order chi connectivity index (χ1) is 16.1. The largest absolute Gasteiger partial charge is 0.358 e.